The van der Waals surface area contributed by atoms with Crippen LogP contribution in [0.3, 0.4) is 0 Å². The Bertz CT molecular complexity index is 563. The van der Waals surface area contributed by atoms with Crippen molar-refractivity contribution in [1.29, 1.82) is 0 Å². The predicted molar refractivity (Wildman–Crippen MR) is 80.7 cm³/mol. The van der Waals surface area contributed by atoms with E-state index in [-0.39, 0.29) is 5.04 Å². The summed E-state index contributed by atoms with van der Waals surface area (Å²) in [6, 6.07) is 10.5. The molecule has 3 heteroatoms. The maximum absolute atomic E-state index is 6.38. The molecule has 2 nitrogen and oxygen atoms in total. The van der Waals surface area contributed by atoms with Gasteiger partial charge < -0.3 is 8.99 Å². The van der Waals surface area contributed by atoms with Crippen LogP contribution >= 0.6 is 0 Å². The van der Waals surface area contributed by atoms with Crippen molar-refractivity contribution in [3.63, 3.8) is 0 Å². The molecule has 0 saturated heterocycles. The van der Waals surface area contributed by atoms with Crippen LogP contribution in [-0.2, 0) is 7.05 Å². The number of hydrogen-bond donors (Lipinski definition) is 0. The van der Waals surface area contributed by atoms with Gasteiger partial charge in [-0.05, 0) is 24.2 Å². The smallest absolute Gasteiger partial charge is 0.252 e. The fourth-order valence-electron chi connectivity index (χ4n) is 1.78. The molecular weight excluding hydrogens is 238 g/mol. The minimum absolute atomic E-state index is 0.226. The van der Waals surface area contributed by atoms with Gasteiger partial charge in [0, 0.05) is 18.5 Å². The molecule has 0 N–H and O–H groups in total. The summed E-state index contributed by atoms with van der Waals surface area (Å²) in [6.45, 7) is 11.4. The molecule has 0 fully saturated rings. The van der Waals surface area contributed by atoms with Crippen molar-refractivity contribution in [3.8, 4) is 5.88 Å². The third-order valence-corrected chi connectivity index (χ3v) is 8.41. The first-order valence-corrected chi connectivity index (χ1v) is 9.37. The first kappa shape index (κ1) is 13.2. The number of nitrogens with zero attached hydrogens (tertiary/aromatic N) is 1. The highest BCUT2D eigenvalue weighted by Crippen LogP contribution is 2.38. The zero-order valence-electron chi connectivity index (χ0n) is 12.2. The Hall–Kier alpha value is -1.22. The molecule has 0 aliphatic heterocycles. The lowest BCUT2D eigenvalue weighted by atomic mass is 10.2. The van der Waals surface area contributed by atoms with Crippen molar-refractivity contribution < 1.29 is 4.43 Å². The second-order valence-electron chi connectivity index (χ2n) is 6.46. The highest BCUT2D eigenvalue weighted by molar-refractivity contribution is 6.74. The SMILES string of the molecule is Cn1c(O[Si](C)(C)C(C)(C)C)cc2ccccc21. The van der Waals surface area contributed by atoms with Gasteiger partial charge in [-0.15, -0.1) is 0 Å². The molecular formula is C15H23NOSi. The van der Waals surface area contributed by atoms with Crippen molar-refractivity contribution in [3.05, 3.63) is 30.3 Å². The standard InChI is InChI=1S/C15H23NOSi/c1-15(2,3)18(5,6)17-14-11-12-9-7-8-10-13(12)16(14)4/h7-11H,1-6H3. The van der Waals surface area contributed by atoms with Gasteiger partial charge in [0.15, 0.2) is 5.88 Å². The number of para-hydroxylation sites is 1. The van der Waals surface area contributed by atoms with Crippen molar-refractivity contribution in [2.75, 3.05) is 0 Å². The third kappa shape index (κ3) is 2.19. The van der Waals surface area contributed by atoms with Gasteiger partial charge in [0.2, 0.25) is 0 Å². The third-order valence-electron chi connectivity index (χ3n) is 4.07. The molecule has 0 unspecified atom stereocenters. The molecule has 1 heterocycles. The van der Waals surface area contributed by atoms with Crippen LogP contribution in [0.2, 0.25) is 18.1 Å². The highest BCUT2D eigenvalue weighted by Gasteiger charge is 2.39. The van der Waals surface area contributed by atoms with E-state index in [1.54, 1.807) is 0 Å². The fraction of sp³-hybridized carbons (Fsp3) is 0.467. The average molecular weight is 261 g/mol. The molecule has 2 aromatic rings. The molecule has 0 bridgehead atoms. The summed E-state index contributed by atoms with van der Waals surface area (Å²) in [5.41, 5.74) is 1.23. The molecule has 0 amide bonds. The van der Waals surface area contributed by atoms with Gasteiger partial charge >= 0.3 is 0 Å². The zero-order chi connectivity index (χ0) is 13.6. The summed E-state index contributed by atoms with van der Waals surface area (Å²) in [7, 11) is 0.313. The molecule has 0 radical (unpaired) electrons. The molecule has 0 atom stereocenters. The Morgan fingerprint density at radius 1 is 1.11 bits per heavy atom. The first-order valence-electron chi connectivity index (χ1n) is 6.46. The van der Waals surface area contributed by atoms with E-state index in [4.69, 9.17) is 4.43 Å². The number of rotatable bonds is 2. The van der Waals surface area contributed by atoms with E-state index >= 15 is 0 Å². The second-order valence-corrected chi connectivity index (χ2v) is 11.2. The second kappa shape index (κ2) is 4.16. The molecule has 0 saturated carbocycles. The maximum Gasteiger partial charge on any atom is 0.252 e. The minimum Gasteiger partial charge on any atom is -0.532 e. The van der Waals surface area contributed by atoms with Gasteiger partial charge in [0.05, 0.1) is 5.52 Å². The van der Waals surface area contributed by atoms with Crippen molar-refractivity contribution in [1.82, 2.24) is 4.57 Å². The number of benzene rings is 1. The average Bonchev–Trinajstić information content (AvgIpc) is 2.54. The molecule has 18 heavy (non-hydrogen) atoms. The van der Waals surface area contributed by atoms with Crippen molar-refractivity contribution in [2.24, 2.45) is 7.05 Å². The van der Waals surface area contributed by atoms with Crippen LogP contribution in [0.4, 0.5) is 0 Å². The monoisotopic (exact) mass is 261 g/mol. The fourth-order valence-corrected chi connectivity index (χ4v) is 2.80. The summed E-state index contributed by atoms with van der Waals surface area (Å²) in [5, 5.41) is 1.47. The number of fused-ring (bicyclic) bond motifs is 1. The van der Waals surface area contributed by atoms with Crippen LogP contribution in [-0.4, -0.2) is 12.9 Å². The maximum atomic E-state index is 6.38. The summed E-state index contributed by atoms with van der Waals surface area (Å²) < 4.78 is 8.53. The van der Waals surface area contributed by atoms with Gasteiger partial charge in [-0.25, -0.2) is 0 Å². The summed E-state index contributed by atoms with van der Waals surface area (Å²) in [6.07, 6.45) is 0. The Kier molecular flexibility index (Phi) is 3.05. The largest absolute Gasteiger partial charge is 0.532 e. The van der Waals surface area contributed by atoms with E-state index in [0.717, 1.165) is 5.88 Å². The molecule has 2 rings (SSSR count). The van der Waals surface area contributed by atoms with Gasteiger partial charge in [0.25, 0.3) is 8.32 Å². The van der Waals surface area contributed by atoms with E-state index in [1.165, 1.54) is 10.9 Å². The van der Waals surface area contributed by atoms with Gasteiger partial charge in [0.1, 0.15) is 0 Å². The summed E-state index contributed by atoms with van der Waals surface area (Å²) in [5.74, 6) is 0.989. The van der Waals surface area contributed by atoms with E-state index in [1.807, 2.05) is 0 Å². The highest BCUT2D eigenvalue weighted by atomic mass is 28.4. The van der Waals surface area contributed by atoms with Crippen LogP contribution in [0.1, 0.15) is 20.8 Å². The molecule has 0 aliphatic carbocycles. The van der Waals surface area contributed by atoms with Gasteiger partial charge in [-0.3, -0.25) is 0 Å². The van der Waals surface area contributed by atoms with Crippen LogP contribution in [0.25, 0.3) is 10.9 Å². The lowest BCUT2D eigenvalue weighted by Crippen LogP contribution is -2.44. The Balaban J connectivity index is 2.41. The minimum atomic E-state index is -1.76. The lowest BCUT2D eigenvalue weighted by molar-refractivity contribution is 0.462. The molecule has 1 aromatic heterocycles. The Labute approximate surface area is 111 Å². The molecule has 98 valence electrons. The molecule has 0 spiro atoms. The number of aryl methyl sites for hydroxylation is 1. The Morgan fingerprint density at radius 2 is 1.72 bits per heavy atom. The van der Waals surface area contributed by atoms with Gasteiger partial charge in [-0.2, -0.15) is 0 Å². The first-order chi connectivity index (χ1) is 8.22. The zero-order valence-corrected chi connectivity index (χ0v) is 13.2. The Morgan fingerprint density at radius 3 is 2.28 bits per heavy atom. The van der Waals surface area contributed by atoms with Crippen LogP contribution in [0, 0.1) is 0 Å². The predicted octanol–water partition coefficient (Wildman–Crippen LogP) is 4.56. The normalized spacial score (nSPS) is 13.0. The van der Waals surface area contributed by atoms with E-state index < -0.39 is 8.32 Å². The van der Waals surface area contributed by atoms with Crippen molar-refractivity contribution >= 4 is 19.2 Å². The number of hydrogen-bond acceptors (Lipinski definition) is 1. The van der Waals surface area contributed by atoms with Gasteiger partial charge in [-0.1, -0.05) is 39.0 Å². The summed E-state index contributed by atoms with van der Waals surface area (Å²) in [4.78, 5) is 0. The number of aromatic nitrogens is 1. The van der Waals surface area contributed by atoms with Crippen molar-refractivity contribution in [2.45, 2.75) is 38.9 Å². The lowest BCUT2D eigenvalue weighted by Gasteiger charge is -2.36. The van der Waals surface area contributed by atoms with Crippen LogP contribution in [0.5, 0.6) is 5.88 Å². The quantitative estimate of drug-likeness (QED) is 0.723. The molecule has 0 aliphatic rings. The van der Waals surface area contributed by atoms with E-state index in [0.29, 0.717) is 0 Å². The summed E-state index contributed by atoms with van der Waals surface area (Å²) >= 11 is 0. The van der Waals surface area contributed by atoms with E-state index in [9.17, 15) is 0 Å². The van der Waals surface area contributed by atoms with Crippen LogP contribution in [0.15, 0.2) is 30.3 Å². The molecule has 1 aromatic carbocycles. The topological polar surface area (TPSA) is 14.2 Å². The van der Waals surface area contributed by atoms with Crippen LogP contribution < -0.4 is 4.43 Å². The van der Waals surface area contributed by atoms with E-state index in [2.05, 4.69) is 75.8 Å².